The Bertz CT molecular complexity index is 522. The first kappa shape index (κ1) is 15.8. The molecule has 6 heteroatoms. The molecule has 114 valence electrons. The summed E-state index contributed by atoms with van der Waals surface area (Å²) in [6.07, 6.45) is 1.68. The molecule has 1 heterocycles. The van der Waals surface area contributed by atoms with E-state index < -0.39 is 11.7 Å². The minimum Gasteiger partial charge on any atom is -0.352 e. The minimum atomic E-state index is -0.619. The van der Waals surface area contributed by atoms with Crippen molar-refractivity contribution in [3.63, 3.8) is 0 Å². The Balaban J connectivity index is 1.87. The lowest BCUT2D eigenvalue weighted by Gasteiger charge is -2.31. The van der Waals surface area contributed by atoms with Crippen molar-refractivity contribution in [1.82, 2.24) is 10.2 Å². The summed E-state index contributed by atoms with van der Waals surface area (Å²) in [4.78, 5) is 25.0. The van der Waals surface area contributed by atoms with Crippen LogP contribution < -0.4 is 5.32 Å². The van der Waals surface area contributed by atoms with Gasteiger partial charge in [-0.05, 0) is 30.9 Å². The fourth-order valence-electron chi connectivity index (χ4n) is 2.49. The first-order chi connectivity index (χ1) is 9.99. The molecule has 0 saturated carbocycles. The van der Waals surface area contributed by atoms with Gasteiger partial charge in [-0.3, -0.25) is 9.59 Å². The number of nitrogens with one attached hydrogen (secondary N) is 1. The second kappa shape index (κ2) is 6.89. The molecule has 2 amide bonds. The maximum atomic E-state index is 13.6. The summed E-state index contributed by atoms with van der Waals surface area (Å²) in [5.41, 5.74) is -0.111. The van der Waals surface area contributed by atoms with Crippen LogP contribution in [0.3, 0.4) is 0 Å². The molecule has 0 aromatic heterocycles. The fourth-order valence-corrected chi connectivity index (χ4v) is 2.74. The second-order valence-electron chi connectivity index (χ2n) is 5.26. The molecule has 0 atom stereocenters. The molecule has 1 aliphatic rings. The molecule has 1 saturated heterocycles. The monoisotopic (exact) mass is 312 g/mol. The molecule has 0 radical (unpaired) electrons. The maximum Gasteiger partial charge on any atom is 0.255 e. The van der Waals surface area contributed by atoms with Crippen LogP contribution in [0.5, 0.6) is 0 Å². The van der Waals surface area contributed by atoms with Crippen molar-refractivity contribution in [2.24, 2.45) is 5.92 Å². The predicted octanol–water partition coefficient (Wildman–Crippen LogP) is 2.47. The fraction of sp³-hybridized carbons (Fsp3) is 0.467. The van der Waals surface area contributed by atoms with E-state index in [-0.39, 0.29) is 16.5 Å². The highest BCUT2D eigenvalue weighted by Crippen LogP contribution is 2.20. The van der Waals surface area contributed by atoms with Crippen molar-refractivity contribution in [3.8, 4) is 0 Å². The molecular formula is C15H18ClFN2O2. The first-order valence-corrected chi connectivity index (χ1v) is 7.34. The number of benzene rings is 1. The Kier molecular flexibility index (Phi) is 5.17. The van der Waals surface area contributed by atoms with E-state index in [0.717, 1.165) is 12.8 Å². The molecule has 0 bridgehead atoms. The molecule has 1 N–H and O–H groups in total. The van der Waals surface area contributed by atoms with Crippen LogP contribution in [0.1, 0.15) is 30.1 Å². The van der Waals surface area contributed by atoms with Crippen LogP contribution >= 0.6 is 11.6 Å². The molecule has 4 nitrogen and oxygen atoms in total. The van der Waals surface area contributed by atoms with Gasteiger partial charge in [0, 0.05) is 26.6 Å². The van der Waals surface area contributed by atoms with Crippen molar-refractivity contribution in [2.75, 3.05) is 19.6 Å². The minimum absolute atomic E-state index is 0.0793. The van der Waals surface area contributed by atoms with Gasteiger partial charge in [-0.1, -0.05) is 17.7 Å². The summed E-state index contributed by atoms with van der Waals surface area (Å²) < 4.78 is 13.6. The third-order valence-electron chi connectivity index (χ3n) is 3.80. The van der Waals surface area contributed by atoms with Gasteiger partial charge in [0.25, 0.3) is 5.91 Å². The number of rotatable bonds is 3. The zero-order valence-electron chi connectivity index (χ0n) is 11.9. The maximum absolute atomic E-state index is 13.6. The van der Waals surface area contributed by atoms with E-state index in [4.69, 9.17) is 11.6 Å². The van der Waals surface area contributed by atoms with E-state index in [2.05, 4.69) is 5.32 Å². The van der Waals surface area contributed by atoms with Crippen molar-refractivity contribution < 1.29 is 14.0 Å². The first-order valence-electron chi connectivity index (χ1n) is 6.96. The normalized spacial score (nSPS) is 15.9. The number of carbonyl (C=O) groups is 2. The number of carbonyl (C=O) groups excluding carboxylic acids is 2. The van der Waals surface area contributed by atoms with Gasteiger partial charge in [0.05, 0.1) is 10.6 Å². The van der Waals surface area contributed by atoms with Crippen LogP contribution in [0.25, 0.3) is 0 Å². The highest BCUT2D eigenvalue weighted by atomic mass is 35.5. The summed E-state index contributed by atoms with van der Waals surface area (Å²) >= 11 is 5.85. The Morgan fingerprint density at radius 3 is 2.62 bits per heavy atom. The number of halogens is 2. The summed E-state index contributed by atoms with van der Waals surface area (Å²) in [5, 5.41) is 2.84. The van der Waals surface area contributed by atoms with Crippen LogP contribution in [-0.2, 0) is 4.79 Å². The molecule has 1 aromatic rings. The number of hydrogen-bond acceptors (Lipinski definition) is 2. The van der Waals surface area contributed by atoms with Gasteiger partial charge in [0.15, 0.2) is 0 Å². The second-order valence-corrected chi connectivity index (χ2v) is 5.66. The number of hydrogen-bond donors (Lipinski definition) is 1. The highest BCUT2D eigenvalue weighted by molar-refractivity contribution is 6.33. The third-order valence-corrected chi connectivity index (χ3v) is 4.12. The summed E-state index contributed by atoms with van der Waals surface area (Å²) in [6, 6.07) is 4.17. The molecule has 0 spiro atoms. The van der Waals surface area contributed by atoms with E-state index in [9.17, 15) is 14.0 Å². The number of piperidine rings is 1. The average molecular weight is 313 g/mol. The number of likely N-dealkylation sites (tertiary alicyclic amines) is 1. The molecular weight excluding hydrogens is 295 g/mol. The van der Waals surface area contributed by atoms with Gasteiger partial charge in [-0.25, -0.2) is 4.39 Å². The van der Waals surface area contributed by atoms with Gasteiger partial charge < -0.3 is 10.2 Å². The molecule has 1 aromatic carbocycles. The predicted molar refractivity (Wildman–Crippen MR) is 78.7 cm³/mol. The Hall–Kier alpha value is -1.62. The molecule has 21 heavy (non-hydrogen) atoms. The van der Waals surface area contributed by atoms with Gasteiger partial charge in [0.2, 0.25) is 5.91 Å². The lowest BCUT2D eigenvalue weighted by atomic mass is 9.96. The smallest absolute Gasteiger partial charge is 0.255 e. The van der Waals surface area contributed by atoms with Crippen LogP contribution in [0, 0.1) is 11.7 Å². The molecule has 1 fully saturated rings. The lowest BCUT2D eigenvalue weighted by Crippen LogP contribution is -2.40. The van der Waals surface area contributed by atoms with E-state index in [0.29, 0.717) is 25.6 Å². The lowest BCUT2D eigenvalue weighted by molar-refractivity contribution is -0.130. The number of nitrogens with zero attached hydrogens (tertiary/aromatic N) is 1. The molecule has 0 unspecified atom stereocenters. The van der Waals surface area contributed by atoms with E-state index in [1.54, 1.807) is 11.8 Å². The average Bonchev–Trinajstić information content (AvgIpc) is 2.45. The van der Waals surface area contributed by atoms with Crippen LogP contribution in [0.2, 0.25) is 5.02 Å². The quantitative estimate of drug-likeness (QED) is 0.932. The van der Waals surface area contributed by atoms with Crippen molar-refractivity contribution >= 4 is 23.4 Å². The van der Waals surface area contributed by atoms with Crippen molar-refractivity contribution in [1.29, 1.82) is 0 Å². The molecule has 2 rings (SSSR count). The molecule has 0 aliphatic carbocycles. The van der Waals surface area contributed by atoms with E-state index >= 15 is 0 Å². The standard InChI is InChI=1S/C15H18ClFN2O2/c1-10(20)19-7-5-11(6-8-19)9-18-15(21)14-12(16)3-2-4-13(14)17/h2-4,11H,5-9H2,1H3,(H,18,21). The van der Waals surface area contributed by atoms with Gasteiger partial charge >= 0.3 is 0 Å². The summed E-state index contributed by atoms with van der Waals surface area (Å²) in [7, 11) is 0. The van der Waals surface area contributed by atoms with Crippen LogP contribution in [0.15, 0.2) is 18.2 Å². The Morgan fingerprint density at radius 1 is 1.38 bits per heavy atom. The van der Waals surface area contributed by atoms with Crippen molar-refractivity contribution in [2.45, 2.75) is 19.8 Å². The SMILES string of the molecule is CC(=O)N1CCC(CNC(=O)c2c(F)cccc2Cl)CC1. The third kappa shape index (κ3) is 3.94. The zero-order chi connectivity index (χ0) is 15.4. The summed E-state index contributed by atoms with van der Waals surface area (Å²) in [5.74, 6) is -0.732. The van der Waals surface area contributed by atoms with Gasteiger partial charge in [-0.15, -0.1) is 0 Å². The Labute approximate surface area is 128 Å². The van der Waals surface area contributed by atoms with Crippen molar-refractivity contribution in [3.05, 3.63) is 34.6 Å². The van der Waals surface area contributed by atoms with Gasteiger partial charge in [-0.2, -0.15) is 0 Å². The van der Waals surface area contributed by atoms with E-state index in [1.807, 2.05) is 0 Å². The van der Waals surface area contributed by atoms with E-state index in [1.165, 1.54) is 18.2 Å². The topological polar surface area (TPSA) is 49.4 Å². The largest absolute Gasteiger partial charge is 0.352 e. The van der Waals surface area contributed by atoms with Gasteiger partial charge in [0.1, 0.15) is 5.82 Å². The highest BCUT2D eigenvalue weighted by Gasteiger charge is 2.22. The Morgan fingerprint density at radius 2 is 2.05 bits per heavy atom. The summed E-state index contributed by atoms with van der Waals surface area (Å²) in [6.45, 7) is 3.43. The van der Waals surface area contributed by atoms with Crippen LogP contribution in [0.4, 0.5) is 4.39 Å². The zero-order valence-corrected chi connectivity index (χ0v) is 12.6. The number of amides is 2. The molecule has 1 aliphatic heterocycles. The van der Waals surface area contributed by atoms with Crippen LogP contribution in [-0.4, -0.2) is 36.3 Å².